The molecule has 0 radical (unpaired) electrons. The van der Waals surface area contributed by atoms with Crippen molar-refractivity contribution in [2.75, 3.05) is 13.2 Å². The standard InChI is InChI=1S/C26H35Cl2N3O2/c1-24(2,3)16-21-26(29,18-9-11-19(27)12-10-18)22(17-7-5-8-20(28)15-17)25(4,31-21)23(33)30-13-6-14-32/h5,7-12,15,21-22,31-32H,6,13-14,16,29H2,1-4H3,(H,30,33)/t21-,22-,25+,26+/m0/s1. The fourth-order valence-electron chi connectivity index (χ4n) is 5.14. The molecule has 1 saturated heterocycles. The van der Waals surface area contributed by atoms with E-state index in [1.807, 2.05) is 55.5 Å². The largest absolute Gasteiger partial charge is 0.396 e. The van der Waals surface area contributed by atoms with Gasteiger partial charge in [0, 0.05) is 35.2 Å². The van der Waals surface area contributed by atoms with Crippen molar-refractivity contribution >= 4 is 29.1 Å². The lowest BCUT2D eigenvalue weighted by Gasteiger charge is -2.41. The molecule has 180 valence electrons. The molecule has 1 heterocycles. The maximum Gasteiger partial charge on any atom is 0.240 e. The van der Waals surface area contributed by atoms with Crippen LogP contribution >= 0.6 is 23.2 Å². The smallest absolute Gasteiger partial charge is 0.240 e. The summed E-state index contributed by atoms with van der Waals surface area (Å²) < 4.78 is 0. The second kappa shape index (κ2) is 9.93. The fraction of sp³-hybridized carbons (Fsp3) is 0.500. The van der Waals surface area contributed by atoms with E-state index in [9.17, 15) is 9.90 Å². The molecule has 1 amide bonds. The molecule has 0 spiro atoms. The molecule has 5 nitrogen and oxygen atoms in total. The van der Waals surface area contributed by atoms with Crippen LogP contribution in [0, 0.1) is 5.41 Å². The van der Waals surface area contributed by atoms with Crippen LogP contribution in [0.5, 0.6) is 0 Å². The van der Waals surface area contributed by atoms with Crippen LogP contribution in [-0.2, 0) is 10.3 Å². The normalized spacial score (nSPS) is 27.5. The Bertz CT molecular complexity index is 976. The lowest BCUT2D eigenvalue weighted by molar-refractivity contribution is -0.127. The van der Waals surface area contributed by atoms with Gasteiger partial charge in [-0.3, -0.25) is 10.1 Å². The molecule has 1 aliphatic heterocycles. The van der Waals surface area contributed by atoms with Crippen molar-refractivity contribution in [2.24, 2.45) is 11.1 Å². The third-order valence-corrected chi connectivity index (χ3v) is 7.03. The van der Waals surface area contributed by atoms with Gasteiger partial charge in [-0.1, -0.05) is 68.2 Å². The molecule has 0 unspecified atom stereocenters. The molecule has 5 N–H and O–H groups in total. The van der Waals surface area contributed by atoms with Crippen LogP contribution in [0.2, 0.25) is 10.0 Å². The molecule has 0 aromatic heterocycles. The van der Waals surface area contributed by atoms with Crippen LogP contribution in [0.4, 0.5) is 0 Å². The Morgan fingerprint density at radius 3 is 2.39 bits per heavy atom. The van der Waals surface area contributed by atoms with Gasteiger partial charge in [-0.25, -0.2) is 0 Å². The van der Waals surface area contributed by atoms with Gasteiger partial charge in [0.15, 0.2) is 0 Å². The molecule has 2 aromatic rings. The second-order valence-corrected chi connectivity index (χ2v) is 11.3. The Morgan fingerprint density at radius 2 is 1.82 bits per heavy atom. The first kappa shape index (κ1) is 26.0. The number of aliphatic hydroxyl groups is 1. The highest BCUT2D eigenvalue weighted by atomic mass is 35.5. The highest BCUT2D eigenvalue weighted by Crippen LogP contribution is 2.52. The van der Waals surface area contributed by atoms with E-state index in [2.05, 4.69) is 31.4 Å². The highest BCUT2D eigenvalue weighted by molar-refractivity contribution is 6.30. The predicted octanol–water partition coefficient (Wildman–Crippen LogP) is 4.60. The van der Waals surface area contributed by atoms with Gasteiger partial charge in [0.1, 0.15) is 5.54 Å². The summed E-state index contributed by atoms with van der Waals surface area (Å²) in [5, 5.41) is 17.0. The van der Waals surface area contributed by atoms with Crippen molar-refractivity contribution in [3.8, 4) is 0 Å². The molecule has 3 rings (SSSR count). The minimum Gasteiger partial charge on any atom is -0.396 e. The van der Waals surface area contributed by atoms with Gasteiger partial charge in [-0.15, -0.1) is 0 Å². The molecule has 0 aliphatic carbocycles. The van der Waals surface area contributed by atoms with Crippen LogP contribution in [0.1, 0.15) is 57.6 Å². The number of hydrogen-bond acceptors (Lipinski definition) is 4. The van der Waals surface area contributed by atoms with Crippen molar-refractivity contribution in [3.05, 3.63) is 69.7 Å². The Labute approximate surface area is 207 Å². The molecule has 4 atom stereocenters. The Kier molecular flexibility index (Phi) is 7.82. The molecular formula is C26H35Cl2N3O2. The van der Waals surface area contributed by atoms with Crippen molar-refractivity contribution in [3.63, 3.8) is 0 Å². The maximum absolute atomic E-state index is 13.6. The van der Waals surface area contributed by atoms with Gasteiger partial charge in [0.2, 0.25) is 5.91 Å². The van der Waals surface area contributed by atoms with Crippen molar-refractivity contribution in [1.82, 2.24) is 10.6 Å². The van der Waals surface area contributed by atoms with E-state index < -0.39 is 17.0 Å². The molecule has 33 heavy (non-hydrogen) atoms. The number of rotatable bonds is 7. The van der Waals surface area contributed by atoms with Gasteiger partial charge in [0.05, 0.1) is 5.54 Å². The zero-order valence-corrected chi connectivity index (χ0v) is 21.3. The zero-order chi connectivity index (χ0) is 24.4. The molecule has 0 saturated carbocycles. The maximum atomic E-state index is 13.6. The second-order valence-electron chi connectivity index (χ2n) is 10.4. The average Bonchev–Trinajstić information content (AvgIpc) is 2.95. The number of amides is 1. The van der Waals surface area contributed by atoms with Crippen LogP contribution in [0.3, 0.4) is 0 Å². The summed E-state index contributed by atoms with van der Waals surface area (Å²) in [5.41, 5.74) is 7.25. The van der Waals surface area contributed by atoms with Gasteiger partial charge in [-0.05, 0) is 60.6 Å². The van der Waals surface area contributed by atoms with Crippen molar-refractivity contribution in [2.45, 2.75) is 63.6 Å². The van der Waals surface area contributed by atoms with E-state index in [1.54, 1.807) is 0 Å². The quantitative estimate of drug-likeness (QED) is 0.426. The molecular weight excluding hydrogens is 457 g/mol. The lowest BCUT2D eigenvalue weighted by Crippen LogP contribution is -2.56. The van der Waals surface area contributed by atoms with E-state index >= 15 is 0 Å². The van der Waals surface area contributed by atoms with E-state index in [-0.39, 0.29) is 24.0 Å². The van der Waals surface area contributed by atoms with E-state index in [0.29, 0.717) is 23.0 Å². The topological polar surface area (TPSA) is 87.4 Å². The van der Waals surface area contributed by atoms with Crippen molar-refractivity contribution < 1.29 is 9.90 Å². The summed E-state index contributed by atoms with van der Waals surface area (Å²) in [6.07, 6.45) is 1.24. The highest BCUT2D eigenvalue weighted by Gasteiger charge is 2.62. The SMILES string of the molecule is CC(C)(C)C[C@@H]1N[C@@](C)(C(=O)NCCCO)[C@H](c2cccc(Cl)c2)[C@@]1(N)c1ccc(Cl)cc1. The van der Waals surface area contributed by atoms with Crippen molar-refractivity contribution in [1.29, 1.82) is 0 Å². The summed E-state index contributed by atoms with van der Waals surface area (Å²) in [6.45, 7) is 8.82. The Balaban J connectivity index is 2.21. The number of hydrogen-bond donors (Lipinski definition) is 4. The summed E-state index contributed by atoms with van der Waals surface area (Å²) in [7, 11) is 0. The van der Waals surface area contributed by atoms with E-state index in [4.69, 9.17) is 28.9 Å². The number of benzene rings is 2. The number of carbonyl (C=O) groups is 1. The first-order valence-electron chi connectivity index (χ1n) is 11.4. The third-order valence-electron chi connectivity index (χ3n) is 6.54. The molecule has 0 bridgehead atoms. The molecule has 1 fully saturated rings. The van der Waals surface area contributed by atoms with Gasteiger partial charge in [0.25, 0.3) is 0 Å². The number of nitrogens with one attached hydrogen (secondary N) is 2. The van der Waals surface area contributed by atoms with Gasteiger partial charge >= 0.3 is 0 Å². The molecule has 2 aromatic carbocycles. The minimum atomic E-state index is -1.01. The Morgan fingerprint density at radius 1 is 1.15 bits per heavy atom. The summed E-state index contributed by atoms with van der Waals surface area (Å²) in [6, 6.07) is 15.0. The number of aliphatic hydroxyl groups excluding tert-OH is 1. The number of nitrogens with two attached hydrogens (primary N) is 1. The number of halogens is 2. The molecule has 1 aliphatic rings. The predicted molar refractivity (Wildman–Crippen MR) is 136 cm³/mol. The van der Waals surface area contributed by atoms with Gasteiger partial charge < -0.3 is 16.2 Å². The van der Waals surface area contributed by atoms with E-state index in [0.717, 1.165) is 17.5 Å². The fourth-order valence-corrected chi connectivity index (χ4v) is 5.46. The van der Waals surface area contributed by atoms with Crippen LogP contribution in [0.25, 0.3) is 0 Å². The van der Waals surface area contributed by atoms with Crippen LogP contribution < -0.4 is 16.4 Å². The lowest BCUT2D eigenvalue weighted by atomic mass is 9.65. The summed E-state index contributed by atoms with van der Waals surface area (Å²) in [5.74, 6) is -0.563. The third kappa shape index (κ3) is 5.39. The molecule has 7 heteroatoms. The van der Waals surface area contributed by atoms with Gasteiger partial charge in [-0.2, -0.15) is 0 Å². The summed E-state index contributed by atoms with van der Waals surface area (Å²) >= 11 is 12.6. The number of carbonyl (C=O) groups excluding carboxylic acids is 1. The summed E-state index contributed by atoms with van der Waals surface area (Å²) in [4.78, 5) is 13.6. The monoisotopic (exact) mass is 491 g/mol. The van der Waals surface area contributed by atoms with Crippen LogP contribution in [-0.4, -0.2) is 35.7 Å². The average molecular weight is 492 g/mol. The first-order valence-corrected chi connectivity index (χ1v) is 12.1. The first-order chi connectivity index (χ1) is 15.4. The minimum absolute atomic E-state index is 0.0143. The Hall–Kier alpha value is -1.63. The zero-order valence-electron chi connectivity index (χ0n) is 19.8. The van der Waals surface area contributed by atoms with E-state index in [1.165, 1.54) is 0 Å². The van der Waals surface area contributed by atoms with Crippen LogP contribution in [0.15, 0.2) is 48.5 Å².